The fourth-order valence-corrected chi connectivity index (χ4v) is 3.10. The minimum atomic E-state index is -0.773. The van der Waals surface area contributed by atoms with Crippen LogP contribution in [-0.4, -0.2) is 17.6 Å². The van der Waals surface area contributed by atoms with Crippen LogP contribution in [-0.2, 0) is 14.3 Å². The largest absolute Gasteiger partial charge is 0.463 e. The van der Waals surface area contributed by atoms with Crippen molar-refractivity contribution in [1.29, 1.82) is 5.26 Å². The van der Waals surface area contributed by atoms with Gasteiger partial charge in [-0.1, -0.05) is 12.1 Å². The fourth-order valence-electron chi connectivity index (χ4n) is 3.10. The molecular weight excluding hydrogens is 361 g/mol. The maximum Gasteiger partial charge on any atom is 0.338 e. The smallest absolute Gasteiger partial charge is 0.338 e. The number of carbonyl (C=O) groups excluding carboxylic acids is 1. The first-order valence-electron chi connectivity index (χ1n) is 8.62. The molecule has 0 saturated heterocycles. The second-order valence-corrected chi connectivity index (χ2v) is 6.13. The van der Waals surface area contributed by atoms with E-state index in [1.165, 1.54) is 12.1 Å². The van der Waals surface area contributed by atoms with E-state index in [0.29, 0.717) is 11.1 Å². The molecular formula is C21H18FN3O3. The van der Waals surface area contributed by atoms with E-state index in [4.69, 9.17) is 15.2 Å². The van der Waals surface area contributed by atoms with Gasteiger partial charge in [-0.25, -0.2) is 9.18 Å². The summed E-state index contributed by atoms with van der Waals surface area (Å²) in [5.74, 6) is -1.50. The number of benzene rings is 1. The normalized spacial score (nSPS) is 16.4. The van der Waals surface area contributed by atoms with Gasteiger partial charge < -0.3 is 15.2 Å². The number of hydrogen-bond donors (Lipinski definition) is 1. The summed E-state index contributed by atoms with van der Waals surface area (Å²) in [4.78, 5) is 16.8. The molecule has 28 heavy (non-hydrogen) atoms. The summed E-state index contributed by atoms with van der Waals surface area (Å²) in [6.45, 7) is 3.47. The van der Waals surface area contributed by atoms with E-state index in [9.17, 15) is 14.4 Å². The van der Waals surface area contributed by atoms with Gasteiger partial charge in [0.15, 0.2) is 0 Å². The summed E-state index contributed by atoms with van der Waals surface area (Å²) in [6.07, 6.45) is 3.18. The second kappa shape index (κ2) is 7.92. The van der Waals surface area contributed by atoms with Crippen molar-refractivity contribution in [2.24, 2.45) is 5.73 Å². The van der Waals surface area contributed by atoms with Crippen molar-refractivity contribution in [3.05, 3.63) is 76.9 Å². The molecule has 3 rings (SSSR count). The first-order chi connectivity index (χ1) is 13.5. The van der Waals surface area contributed by atoms with Crippen molar-refractivity contribution < 1.29 is 18.7 Å². The molecule has 2 aromatic rings. The molecule has 6 nitrogen and oxygen atoms in total. The Labute approximate surface area is 161 Å². The number of nitrogens with zero attached hydrogens (tertiary/aromatic N) is 2. The Morgan fingerprint density at radius 2 is 2.04 bits per heavy atom. The average molecular weight is 379 g/mol. The number of nitriles is 1. The lowest BCUT2D eigenvalue weighted by atomic mass is 9.83. The van der Waals surface area contributed by atoms with Crippen LogP contribution in [0.25, 0.3) is 11.1 Å². The van der Waals surface area contributed by atoms with Crippen LogP contribution >= 0.6 is 0 Å². The summed E-state index contributed by atoms with van der Waals surface area (Å²) >= 11 is 0. The van der Waals surface area contributed by atoms with Crippen LogP contribution in [0.4, 0.5) is 4.39 Å². The molecule has 0 aliphatic carbocycles. The number of esters is 1. The molecule has 0 spiro atoms. The highest BCUT2D eigenvalue weighted by Gasteiger charge is 2.36. The number of rotatable bonds is 4. The number of aromatic nitrogens is 1. The summed E-state index contributed by atoms with van der Waals surface area (Å²) in [6, 6.07) is 9.77. The molecule has 0 amide bonds. The number of pyridine rings is 1. The third kappa shape index (κ3) is 3.58. The van der Waals surface area contributed by atoms with Crippen LogP contribution in [0, 0.1) is 17.1 Å². The summed E-state index contributed by atoms with van der Waals surface area (Å²) < 4.78 is 23.8. The van der Waals surface area contributed by atoms with Gasteiger partial charge in [0, 0.05) is 18.0 Å². The molecule has 0 bridgehead atoms. The maximum absolute atomic E-state index is 13.2. The Bertz CT molecular complexity index is 1020. The van der Waals surface area contributed by atoms with Crippen LogP contribution in [0.2, 0.25) is 0 Å². The SMILES string of the molecule is CCOC(=O)C1=C(C)OC(N)=C(C#N)[C@H]1c1cncc(-c2ccc(F)cc2)c1. The highest BCUT2D eigenvalue weighted by Crippen LogP contribution is 2.40. The highest BCUT2D eigenvalue weighted by atomic mass is 19.1. The summed E-state index contributed by atoms with van der Waals surface area (Å²) in [5, 5.41) is 9.62. The van der Waals surface area contributed by atoms with Crippen LogP contribution in [0.1, 0.15) is 25.3 Å². The second-order valence-electron chi connectivity index (χ2n) is 6.13. The zero-order chi connectivity index (χ0) is 20.3. The minimum Gasteiger partial charge on any atom is -0.463 e. The van der Waals surface area contributed by atoms with E-state index in [1.54, 1.807) is 44.4 Å². The molecule has 1 aromatic carbocycles. The van der Waals surface area contributed by atoms with Gasteiger partial charge in [-0.3, -0.25) is 4.98 Å². The zero-order valence-electron chi connectivity index (χ0n) is 15.4. The van der Waals surface area contributed by atoms with E-state index >= 15 is 0 Å². The number of carbonyl (C=O) groups is 1. The van der Waals surface area contributed by atoms with Crippen molar-refractivity contribution in [2.75, 3.05) is 6.61 Å². The standard InChI is InChI=1S/C21H18FN3O3/c1-3-27-21(26)18-12(2)28-20(24)17(9-23)19(18)15-8-14(10-25-11-15)13-4-6-16(22)7-5-13/h4-8,10-11,19H,3,24H2,1-2H3/t19-/m1/s1. The van der Waals surface area contributed by atoms with E-state index in [-0.39, 0.29) is 35.2 Å². The molecule has 7 heteroatoms. The molecule has 1 aliphatic rings. The van der Waals surface area contributed by atoms with Crippen LogP contribution in [0.5, 0.6) is 0 Å². The van der Waals surface area contributed by atoms with E-state index in [1.807, 2.05) is 6.07 Å². The van der Waals surface area contributed by atoms with Gasteiger partial charge in [-0.15, -0.1) is 0 Å². The number of hydrogen-bond acceptors (Lipinski definition) is 6. The molecule has 1 aromatic heterocycles. The van der Waals surface area contributed by atoms with Crippen LogP contribution in [0.3, 0.4) is 0 Å². The zero-order valence-corrected chi connectivity index (χ0v) is 15.4. The summed E-state index contributed by atoms with van der Waals surface area (Å²) in [5.41, 5.74) is 8.23. The average Bonchev–Trinajstić information content (AvgIpc) is 2.68. The Balaban J connectivity index is 2.13. The van der Waals surface area contributed by atoms with Gasteiger partial charge in [0.2, 0.25) is 5.88 Å². The molecule has 0 fully saturated rings. The van der Waals surface area contributed by atoms with Gasteiger partial charge in [0.1, 0.15) is 23.2 Å². The third-order valence-corrected chi connectivity index (χ3v) is 4.37. The van der Waals surface area contributed by atoms with Crippen LogP contribution in [0.15, 0.2) is 65.5 Å². The Kier molecular flexibility index (Phi) is 5.41. The minimum absolute atomic E-state index is 0.0646. The Hall–Kier alpha value is -3.66. The molecule has 1 aliphatic heterocycles. The molecule has 0 saturated carbocycles. The Morgan fingerprint density at radius 1 is 1.32 bits per heavy atom. The fraction of sp³-hybridized carbons (Fsp3) is 0.190. The van der Waals surface area contributed by atoms with Gasteiger partial charge in [-0.2, -0.15) is 5.26 Å². The number of halogens is 1. The van der Waals surface area contributed by atoms with Crippen molar-refractivity contribution in [1.82, 2.24) is 4.98 Å². The highest BCUT2D eigenvalue weighted by molar-refractivity contribution is 5.92. The number of nitrogens with two attached hydrogens (primary N) is 1. The lowest BCUT2D eigenvalue weighted by Gasteiger charge is -2.26. The van der Waals surface area contributed by atoms with E-state index in [0.717, 1.165) is 5.56 Å². The van der Waals surface area contributed by atoms with Crippen molar-refractivity contribution in [2.45, 2.75) is 19.8 Å². The van der Waals surface area contributed by atoms with E-state index < -0.39 is 11.9 Å². The lowest BCUT2D eigenvalue weighted by Crippen LogP contribution is -2.25. The predicted molar refractivity (Wildman–Crippen MR) is 99.6 cm³/mol. The monoisotopic (exact) mass is 379 g/mol. The summed E-state index contributed by atoms with van der Waals surface area (Å²) in [7, 11) is 0. The molecule has 0 unspecified atom stereocenters. The lowest BCUT2D eigenvalue weighted by molar-refractivity contribution is -0.139. The first-order valence-corrected chi connectivity index (χ1v) is 8.62. The molecule has 1 atom stereocenters. The first kappa shape index (κ1) is 19.1. The Morgan fingerprint density at radius 3 is 2.68 bits per heavy atom. The molecule has 2 N–H and O–H groups in total. The van der Waals surface area contributed by atoms with Crippen molar-refractivity contribution >= 4 is 5.97 Å². The van der Waals surface area contributed by atoms with Crippen molar-refractivity contribution in [3.8, 4) is 17.2 Å². The predicted octanol–water partition coefficient (Wildman–Crippen LogP) is 3.53. The quantitative estimate of drug-likeness (QED) is 0.816. The molecule has 2 heterocycles. The van der Waals surface area contributed by atoms with Crippen molar-refractivity contribution in [3.63, 3.8) is 0 Å². The van der Waals surface area contributed by atoms with E-state index in [2.05, 4.69) is 4.98 Å². The molecule has 0 radical (unpaired) electrons. The third-order valence-electron chi connectivity index (χ3n) is 4.37. The topological polar surface area (TPSA) is 98.2 Å². The maximum atomic E-state index is 13.2. The van der Waals surface area contributed by atoms with Crippen LogP contribution < -0.4 is 5.73 Å². The van der Waals surface area contributed by atoms with Gasteiger partial charge in [-0.05, 0) is 43.2 Å². The number of allylic oxidation sites excluding steroid dienone is 2. The van der Waals surface area contributed by atoms with Gasteiger partial charge in [0.05, 0.1) is 18.1 Å². The van der Waals surface area contributed by atoms with Gasteiger partial charge >= 0.3 is 5.97 Å². The number of ether oxygens (including phenoxy) is 2. The van der Waals surface area contributed by atoms with Gasteiger partial charge in [0.25, 0.3) is 0 Å². The molecule has 142 valence electrons.